The summed E-state index contributed by atoms with van der Waals surface area (Å²) in [7, 11) is 1.81. The highest BCUT2D eigenvalue weighted by Gasteiger charge is 2.36. The van der Waals surface area contributed by atoms with Crippen molar-refractivity contribution >= 4 is 73.5 Å². The number of halogens is 3. The number of ketones is 1. The molecule has 0 bridgehead atoms. The summed E-state index contributed by atoms with van der Waals surface area (Å²) in [5.41, 5.74) is 2.02. The van der Waals surface area contributed by atoms with E-state index in [0.29, 0.717) is 0 Å². The molecular weight excluding hydrogens is 613 g/mol. The van der Waals surface area contributed by atoms with Crippen LogP contribution in [-0.2, 0) is 11.8 Å². The largest absolute Gasteiger partial charge is 0.506 e. The molecular formula is C27H24F2IN2O2S2+. The number of thioether (sulfide) groups is 1. The highest BCUT2D eigenvalue weighted by molar-refractivity contribution is 14.1. The number of aliphatic hydroxyl groups is 1. The number of aliphatic hydroxyl groups excluding tert-OH is 1. The van der Waals surface area contributed by atoms with Crippen LogP contribution in [0.3, 0.4) is 0 Å². The molecule has 0 saturated carbocycles. The van der Waals surface area contributed by atoms with Crippen molar-refractivity contribution in [2.75, 3.05) is 15.9 Å². The first-order chi connectivity index (χ1) is 17.4. The van der Waals surface area contributed by atoms with Crippen molar-refractivity contribution in [3.05, 3.63) is 81.1 Å². The van der Waals surface area contributed by atoms with Gasteiger partial charge in [-0.2, -0.15) is 4.57 Å². The van der Waals surface area contributed by atoms with E-state index < -0.39 is 0 Å². The van der Waals surface area contributed by atoms with Gasteiger partial charge < -0.3 is 10.0 Å². The van der Waals surface area contributed by atoms with E-state index in [4.69, 9.17) is 0 Å². The minimum absolute atomic E-state index is 0.0548. The Morgan fingerprint density at radius 3 is 2.58 bits per heavy atom. The number of carbonyl (C=O) groups is 1. The van der Waals surface area contributed by atoms with Crippen molar-refractivity contribution in [2.45, 2.75) is 30.6 Å². The van der Waals surface area contributed by atoms with Crippen LogP contribution in [-0.4, -0.2) is 21.9 Å². The molecule has 5 rings (SSSR count). The first kappa shape index (κ1) is 25.4. The maximum atomic E-state index is 14.0. The lowest BCUT2D eigenvalue weighted by Gasteiger charge is -2.23. The van der Waals surface area contributed by atoms with Crippen molar-refractivity contribution in [3.63, 3.8) is 0 Å². The normalized spacial score (nSPS) is 17.6. The van der Waals surface area contributed by atoms with E-state index in [1.807, 2.05) is 9.47 Å². The van der Waals surface area contributed by atoms with Crippen molar-refractivity contribution in [1.29, 1.82) is 0 Å². The molecule has 0 amide bonds. The fourth-order valence-corrected chi connectivity index (χ4v) is 7.08. The fraction of sp³-hybridized carbons (Fsp3) is 0.259. The van der Waals surface area contributed by atoms with Crippen molar-refractivity contribution in [1.82, 2.24) is 0 Å². The predicted octanol–water partition coefficient (Wildman–Crippen LogP) is 7.23. The van der Waals surface area contributed by atoms with E-state index in [1.165, 1.54) is 53.8 Å². The number of thiazole rings is 1. The molecule has 2 aromatic carbocycles. The molecule has 3 aromatic rings. The number of aromatic nitrogens is 1. The van der Waals surface area contributed by atoms with E-state index in [-0.39, 0.29) is 34.3 Å². The second-order valence-corrected chi connectivity index (χ2v) is 11.9. The van der Waals surface area contributed by atoms with Gasteiger partial charge >= 0.3 is 0 Å². The number of aryl methyl sites for hydroxylation is 1. The quantitative estimate of drug-likeness (QED) is 0.0931. The minimum Gasteiger partial charge on any atom is -0.506 e. The molecule has 0 fully saturated rings. The molecule has 186 valence electrons. The number of alkyl halides is 1. The lowest BCUT2D eigenvalue weighted by atomic mass is 9.88. The molecule has 2 aliphatic rings. The van der Waals surface area contributed by atoms with Crippen LogP contribution in [0.1, 0.15) is 30.7 Å². The van der Waals surface area contributed by atoms with E-state index >= 15 is 0 Å². The molecule has 9 heteroatoms. The summed E-state index contributed by atoms with van der Waals surface area (Å²) in [5.74, 6) is -0.918. The van der Waals surface area contributed by atoms with Gasteiger partial charge in [-0.3, -0.25) is 4.79 Å². The maximum Gasteiger partial charge on any atom is 0.263 e. The SMILES string of the molecule is C[n+]1c(/C=C2/C(=O)C(/C=C3\Sc4ccc(F)cc4N3CCCCCCI)=C2O)sc2ccc(F)cc21. The van der Waals surface area contributed by atoms with Gasteiger partial charge in [-0.25, -0.2) is 8.78 Å². The Bertz CT molecular complexity index is 1460. The molecule has 0 saturated heterocycles. The second kappa shape index (κ2) is 10.6. The molecule has 0 unspecified atom stereocenters. The van der Waals surface area contributed by atoms with E-state index in [0.717, 1.165) is 61.1 Å². The zero-order valence-corrected chi connectivity index (χ0v) is 23.4. The van der Waals surface area contributed by atoms with Gasteiger partial charge in [-0.05, 0) is 53.7 Å². The third-order valence-corrected chi connectivity index (χ3v) is 9.36. The van der Waals surface area contributed by atoms with E-state index in [2.05, 4.69) is 22.6 Å². The Hall–Kier alpha value is -2.24. The summed E-state index contributed by atoms with van der Waals surface area (Å²) in [6, 6.07) is 9.29. The molecule has 0 radical (unpaired) electrons. The second-order valence-electron chi connectivity index (χ2n) is 8.71. The summed E-state index contributed by atoms with van der Waals surface area (Å²) >= 11 is 5.29. The van der Waals surface area contributed by atoms with Gasteiger partial charge in [0.1, 0.15) is 29.1 Å². The van der Waals surface area contributed by atoms with Gasteiger partial charge in [-0.15, -0.1) is 0 Å². The van der Waals surface area contributed by atoms with Crippen LogP contribution in [0.5, 0.6) is 0 Å². The maximum absolute atomic E-state index is 14.0. The summed E-state index contributed by atoms with van der Waals surface area (Å²) < 4.78 is 31.5. The first-order valence-electron chi connectivity index (χ1n) is 11.7. The number of unbranched alkanes of at least 4 members (excludes halogenated alkanes) is 3. The van der Waals surface area contributed by atoms with Crippen LogP contribution in [0, 0.1) is 11.6 Å². The third-order valence-electron chi connectivity index (χ3n) is 6.32. The number of hydrogen-bond acceptors (Lipinski definition) is 5. The van der Waals surface area contributed by atoms with Crippen LogP contribution in [0.25, 0.3) is 16.3 Å². The molecule has 1 aliphatic heterocycles. The Balaban J connectivity index is 1.43. The van der Waals surface area contributed by atoms with E-state index in [9.17, 15) is 18.7 Å². The number of allylic oxidation sites excluding steroid dienone is 3. The number of carbonyl (C=O) groups excluding carboxylic acids is 1. The number of nitrogens with zero attached hydrogens (tertiary/aromatic N) is 2. The molecule has 1 N–H and O–H groups in total. The van der Waals surface area contributed by atoms with Crippen LogP contribution >= 0.6 is 45.7 Å². The van der Waals surface area contributed by atoms with Crippen LogP contribution in [0.15, 0.2) is 69.3 Å². The zero-order chi connectivity index (χ0) is 25.4. The summed E-state index contributed by atoms with van der Waals surface area (Å²) in [4.78, 5) is 16.0. The number of anilines is 1. The molecule has 0 spiro atoms. The Labute approximate surface area is 230 Å². The number of hydrogen-bond donors (Lipinski definition) is 1. The molecule has 0 atom stereocenters. The van der Waals surface area contributed by atoms with Gasteiger partial charge in [0, 0.05) is 23.6 Å². The van der Waals surface area contributed by atoms with Crippen LogP contribution in [0.4, 0.5) is 14.5 Å². The molecule has 1 aliphatic carbocycles. The van der Waals surface area contributed by atoms with E-state index in [1.54, 1.807) is 31.3 Å². The summed E-state index contributed by atoms with van der Waals surface area (Å²) in [5, 5.41) is 12.3. The van der Waals surface area contributed by atoms with Gasteiger partial charge in [0.25, 0.3) is 5.01 Å². The highest BCUT2D eigenvalue weighted by atomic mass is 127. The molecule has 36 heavy (non-hydrogen) atoms. The standard InChI is InChI=1S/C27H23F2IN2O2S2/c1-31-20-12-16(28)6-8-22(20)35-24(31)14-18-26(33)19(27(18)34)15-25-32(11-5-3-2-4-10-30)21-13-17(29)7-9-23(21)36-25/h6-9,12-15H,2-5,10-11H2,1H3/p+1. The van der Waals surface area contributed by atoms with Gasteiger partial charge in [0.15, 0.2) is 0 Å². The monoisotopic (exact) mass is 637 g/mol. The zero-order valence-electron chi connectivity index (χ0n) is 19.6. The van der Waals surface area contributed by atoms with Gasteiger partial charge in [-0.1, -0.05) is 58.5 Å². The van der Waals surface area contributed by atoms with Crippen molar-refractivity contribution in [3.8, 4) is 0 Å². The smallest absolute Gasteiger partial charge is 0.263 e. The predicted molar refractivity (Wildman–Crippen MR) is 151 cm³/mol. The van der Waals surface area contributed by atoms with Crippen LogP contribution < -0.4 is 9.47 Å². The third kappa shape index (κ3) is 4.84. The summed E-state index contributed by atoms with van der Waals surface area (Å²) in [6.07, 6.45) is 7.73. The van der Waals surface area contributed by atoms with Crippen LogP contribution in [0.2, 0.25) is 0 Å². The summed E-state index contributed by atoms with van der Waals surface area (Å²) in [6.45, 7) is 0.718. The fourth-order valence-electron chi connectivity index (χ4n) is 4.35. The van der Waals surface area contributed by atoms with Crippen molar-refractivity contribution < 1.29 is 23.2 Å². The average Bonchev–Trinajstić information content (AvgIpc) is 3.37. The number of Topliss-reactive ketones (excluding diaryl/α,β-unsaturated/α-hetero) is 1. The lowest BCUT2D eigenvalue weighted by Crippen LogP contribution is -2.30. The number of benzene rings is 2. The van der Waals surface area contributed by atoms with Crippen molar-refractivity contribution in [2.24, 2.45) is 7.05 Å². The molecule has 1 aromatic heterocycles. The molecule has 4 nitrogen and oxygen atoms in total. The Kier molecular flexibility index (Phi) is 7.50. The Morgan fingerprint density at radius 2 is 1.81 bits per heavy atom. The molecule has 2 heterocycles. The number of rotatable bonds is 8. The van der Waals surface area contributed by atoms with Gasteiger partial charge in [0.2, 0.25) is 11.3 Å². The highest BCUT2D eigenvalue weighted by Crippen LogP contribution is 2.47. The topological polar surface area (TPSA) is 44.4 Å². The van der Waals surface area contributed by atoms with Gasteiger partial charge in [0.05, 0.1) is 21.9 Å². The minimum atomic E-state index is -0.323. The average molecular weight is 638 g/mol. The number of fused-ring (bicyclic) bond motifs is 2. The lowest BCUT2D eigenvalue weighted by molar-refractivity contribution is -0.642. The Morgan fingerprint density at radius 1 is 1.06 bits per heavy atom. The first-order valence-corrected chi connectivity index (χ1v) is 14.8.